The normalized spacial score (nSPS) is 35.1. The molecule has 1 aromatic carbocycles. The maximum atomic E-state index is 11.1. The number of carboxylic acids is 1. The molecule has 0 heterocycles. The molecule has 2 unspecified atom stereocenters. The van der Waals surface area contributed by atoms with Crippen LogP contribution in [0.1, 0.15) is 43.7 Å². The Morgan fingerprint density at radius 1 is 1.30 bits per heavy atom. The van der Waals surface area contributed by atoms with E-state index in [2.05, 4.69) is 38.1 Å². The summed E-state index contributed by atoms with van der Waals surface area (Å²) in [7, 11) is 0. The molecular formula is C17H23NO2. The highest BCUT2D eigenvalue weighted by Gasteiger charge is 2.70. The molecule has 2 aliphatic rings. The Kier molecular flexibility index (Phi) is 3.13. The largest absolute Gasteiger partial charge is 0.480 e. The Bertz CT molecular complexity index is 508. The molecule has 0 aromatic heterocycles. The quantitative estimate of drug-likeness (QED) is 0.886. The number of benzene rings is 1. The second-order valence-electron chi connectivity index (χ2n) is 6.89. The summed E-state index contributed by atoms with van der Waals surface area (Å²) in [5.41, 5.74) is 7.77. The lowest BCUT2D eigenvalue weighted by Crippen LogP contribution is -2.39. The average Bonchev–Trinajstić information content (AvgIpc) is 2.79. The summed E-state index contributed by atoms with van der Waals surface area (Å²) in [4.78, 5) is 11.1. The molecule has 0 spiro atoms. The number of rotatable bonds is 4. The van der Waals surface area contributed by atoms with Crippen molar-refractivity contribution in [2.75, 3.05) is 0 Å². The first-order valence-corrected chi connectivity index (χ1v) is 7.54. The third-order valence-corrected chi connectivity index (χ3v) is 5.32. The Morgan fingerprint density at radius 3 is 2.30 bits per heavy atom. The smallest absolute Gasteiger partial charge is 0.324 e. The molecule has 2 aliphatic carbocycles. The van der Waals surface area contributed by atoms with Gasteiger partial charge in [-0.25, -0.2) is 0 Å². The van der Waals surface area contributed by atoms with E-state index in [0.717, 1.165) is 19.3 Å². The van der Waals surface area contributed by atoms with E-state index in [-0.39, 0.29) is 11.8 Å². The summed E-state index contributed by atoms with van der Waals surface area (Å²) >= 11 is 0. The molecule has 0 saturated heterocycles. The summed E-state index contributed by atoms with van der Waals surface area (Å²) in [5, 5.41) is 9.15. The van der Waals surface area contributed by atoms with Gasteiger partial charge in [0.15, 0.2) is 0 Å². The van der Waals surface area contributed by atoms with Gasteiger partial charge in [0.2, 0.25) is 0 Å². The molecule has 0 amide bonds. The zero-order valence-electron chi connectivity index (χ0n) is 12.2. The minimum Gasteiger partial charge on any atom is -0.480 e. The maximum absolute atomic E-state index is 11.1. The Labute approximate surface area is 120 Å². The lowest BCUT2D eigenvalue weighted by atomic mass is 9.90. The first-order valence-electron chi connectivity index (χ1n) is 7.54. The molecule has 2 fully saturated rings. The molecule has 20 heavy (non-hydrogen) atoms. The highest BCUT2D eigenvalue weighted by Crippen LogP contribution is 2.61. The Hall–Kier alpha value is -1.35. The van der Waals surface area contributed by atoms with Gasteiger partial charge in [-0.3, -0.25) is 4.79 Å². The molecule has 3 N–H and O–H groups in total. The van der Waals surface area contributed by atoms with E-state index < -0.39 is 11.5 Å². The fourth-order valence-electron chi connectivity index (χ4n) is 3.95. The minimum absolute atomic E-state index is 0.208. The van der Waals surface area contributed by atoms with Gasteiger partial charge < -0.3 is 10.8 Å². The van der Waals surface area contributed by atoms with E-state index in [9.17, 15) is 4.79 Å². The topological polar surface area (TPSA) is 63.3 Å². The van der Waals surface area contributed by atoms with Crippen LogP contribution >= 0.6 is 0 Å². The van der Waals surface area contributed by atoms with Crippen molar-refractivity contribution in [1.29, 1.82) is 0 Å². The number of hydrogen-bond acceptors (Lipinski definition) is 2. The van der Waals surface area contributed by atoms with Crippen LogP contribution in [0, 0.1) is 17.8 Å². The SMILES string of the molecule is CC(C)c1ccc(CC2CC3C(C2)C3(N)C(=O)O)cc1. The molecule has 2 saturated carbocycles. The molecule has 0 bridgehead atoms. The van der Waals surface area contributed by atoms with Crippen LogP contribution in [0.4, 0.5) is 0 Å². The summed E-state index contributed by atoms with van der Waals surface area (Å²) in [6, 6.07) is 8.85. The van der Waals surface area contributed by atoms with Crippen molar-refractivity contribution in [2.24, 2.45) is 23.5 Å². The van der Waals surface area contributed by atoms with Crippen LogP contribution < -0.4 is 5.73 Å². The van der Waals surface area contributed by atoms with Gasteiger partial charge in [0, 0.05) is 0 Å². The van der Waals surface area contributed by atoms with Crippen LogP contribution in [0.2, 0.25) is 0 Å². The Balaban J connectivity index is 1.58. The highest BCUT2D eigenvalue weighted by molar-refractivity contribution is 5.84. The zero-order chi connectivity index (χ0) is 14.5. The van der Waals surface area contributed by atoms with E-state index in [4.69, 9.17) is 10.8 Å². The van der Waals surface area contributed by atoms with Crippen LogP contribution in [0.15, 0.2) is 24.3 Å². The van der Waals surface area contributed by atoms with Crippen molar-refractivity contribution < 1.29 is 9.90 Å². The van der Waals surface area contributed by atoms with Crippen LogP contribution in [0.5, 0.6) is 0 Å². The van der Waals surface area contributed by atoms with Crippen molar-refractivity contribution in [3.8, 4) is 0 Å². The van der Waals surface area contributed by atoms with Gasteiger partial charge in [0.25, 0.3) is 0 Å². The van der Waals surface area contributed by atoms with Crippen LogP contribution in [0.25, 0.3) is 0 Å². The molecule has 108 valence electrons. The predicted octanol–water partition coefficient (Wildman–Crippen LogP) is 2.79. The molecule has 3 nitrogen and oxygen atoms in total. The van der Waals surface area contributed by atoms with E-state index >= 15 is 0 Å². The summed E-state index contributed by atoms with van der Waals surface area (Å²) in [6.07, 6.45) is 3.00. The maximum Gasteiger partial charge on any atom is 0.324 e. The molecule has 0 aliphatic heterocycles. The molecule has 0 radical (unpaired) electrons. The van der Waals surface area contributed by atoms with Crippen LogP contribution in [0.3, 0.4) is 0 Å². The van der Waals surface area contributed by atoms with Gasteiger partial charge in [0.1, 0.15) is 5.54 Å². The average molecular weight is 273 g/mol. The highest BCUT2D eigenvalue weighted by atomic mass is 16.4. The number of hydrogen-bond donors (Lipinski definition) is 2. The van der Waals surface area contributed by atoms with E-state index in [1.54, 1.807) is 0 Å². The predicted molar refractivity (Wildman–Crippen MR) is 78.5 cm³/mol. The number of fused-ring (bicyclic) bond motifs is 1. The number of nitrogens with two attached hydrogens (primary N) is 1. The lowest BCUT2D eigenvalue weighted by molar-refractivity contribution is -0.140. The summed E-state index contributed by atoms with van der Waals surface area (Å²) in [6.45, 7) is 4.40. The van der Waals surface area contributed by atoms with Gasteiger partial charge in [0.05, 0.1) is 0 Å². The van der Waals surface area contributed by atoms with Crippen LogP contribution in [-0.4, -0.2) is 16.6 Å². The first kappa shape index (κ1) is 13.6. The second-order valence-corrected chi connectivity index (χ2v) is 6.89. The summed E-state index contributed by atoms with van der Waals surface area (Å²) < 4.78 is 0. The van der Waals surface area contributed by atoms with Crippen LogP contribution in [-0.2, 0) is 11.2 Å². The van der Waals surface area contributed by atoms with E-state index in [0.29, 0.717) is 11.8 Å². The molecule has 1 aromatic rings. The van der Waals surface area contributed by atoms with Gasteiger partial charge in [-0.05, 0) is 54.1 Å². The van der Waals surface area contributed by atoms with Crippen molar-refractivity contribution >= 4 is 5.97 Å². The third-order valence-electron chi connectivity index (χ3n) is 5.32. The van der Waals surface area contributed by atoms with E-state index in [1.165, 1.54) is 11.1 Å². The van der Waals surface area contributed by atoms with Crippen molar-refractivity contribution in [3.05, 3.63) is 35.4 Å². The van der Waals surface area contributed by atoms with Gasteiger partial charge in [-0.1, -0.05) is 38.1 Å². The number of carboxylic acid groups (broad SMARTS) is 1. The molecular weight excluding hydrogens is 250 g/mol. The van der Waals surface area contributed by atoms with Crippen molar-refractivity contribution in [3.63, 3.8) is 0 Å². The second kappa shape index (κ2) is 4.59. The van der Waals surface area contributed by atoms with Crippen molar-refractivity contribution in [1.82, 2.24) is 0 Å². The third kappa shape index (κ3) is 2.05. The molecule has 3 heteroatoms. The standard InChI is InChI=1S/C17H23NO2/c1-10(2)13-5-3-11(4-6-13)7-12-8-14-15(9-12)17(14,18)16(19)20/h3-6,10,12,14-15H,7-9,18H2,1-2H3,(H,19,20). The first-order chi connectivity index (χ1) is 9.42. The monoisotopic (exact) mass is 273 g/mol. The number of aliphatic carboxylic acids is 1. The fourth-order valence-corrected chi connectivity index (χ4v) is 3.95. The fraction of sp³-hybridized carbons (Fsp3) is 0.588. The van der Waals surface area contributed by atoms with E-state index in [1.807, 2.05) is 0 Å². The van der Waals surface area contributed by atoms with Gasteiger partial charge >= 0.3 is 5.97 Å². The zero-order valence-corrected chi connectivity index (χ0v) is 12.2. The number of carbonyl (C=O) groups is 1. The minimum atomic E-state index is -0.905. The van der Waals surface area contributed by atoms with Gasteiger partial charge in [-0.15, -0.1) is 0 Å². The Morgan fingerprint density at radius 2 is 1.85 bits per heavy atom. The lowest BCUT2D eigenvalue weighted by Gasteiger charge is -2.17. The van der Waals surface area contributed by atoms with Gasteiger partial charge in [-0.2, -0.15) is 0 Å². The van der Waals surface area contributed by atoms with Crippen molar-refractivity contribution in [2.45, 2.75) is 44.6 Å². The summed E-state index contributed by atoms with van der Waals surface area (Å²) in [5.74, 6) is 0.773. The molecule has 2 atom stereocenters. The molecule has 3 rings (SSSR count).